The molecule has 2 rings (SSSR count). The molecule has 154 valence electrons. The van der Waals surface area contributed by atoms with Crippen LogP contribution in [0.4, 0.5) is 0 Å². The van der Waals surface area contributed by atoms with Crippen LogP contribution in [0, 0.1) is 17.8 Å². The Labute approximate surface area is 161 Å². The van der Waals surface area contributed by atoms with Crippen LogP contribution < -0.4 is 5.73 Å². The van der Waals surface area contributed by atoms with Crippen molar-refractivity contribution in [2.75, 3.05) is 0 Å². The Morgan fingerprint density at radius 1 is 0.963 bits per heavy atom. The molecule has 27 heavy (non-hydrogen) atoms. The van der Waals surface area contributed by atoms with Crippen molar-refractivity contribution in [1.29, 1.82) is 0 Å². The molecular weight excluding hydrogens is 350 g/mol. The molecule has 2 saturated carbocycles. The molecule has 7 heteroatoms. The molecule has 0 aromatic heterocycles. The third-order valence-electron chi connectivity index (χ3n) is 5.87. The monoisotopic (exact) mass is 383 g/mol. The highest BCUT2D eigenvalue weighted by molar-refractivity contribution is 5.76. The topological polar surface area (TPSA) is 116 Å². The summed E-state index contributed by atoms with van der Waals surface area (Å²) in [5.41, 5.74) is 6.12. The molecule has 0 spiro atoms. The minimum Gasteiger partial charge on any atom is -0.481 e. The zero-order valence-corrected chi connectivity index (χ0v) is 16.2. The number of rotatable bonds is 8. The van der Waals surface area contributed by atoms with Crippen LogP contribution in [0.3, 0.4) is 0 Å². The fourth-order valence-corrected chi connectivity index (χ4v) is 4.13. The van der Waals surface area contributed by atoms with Crippen molar-refractivity contribution in [3.63, 3.8) is 0 Å². The number of carboxylic acids is 1. The second-order valence-corrected chi connectivity index (χ2v) is 7.92. The molecule has 2 aliphatic carbocycles. The Balaban J connectivity index is 1.93. The first-order valence-electron chi connectivity index (χ1n) is 10.3. The van der Waals surface area contributed by atoms with Crippen molar-refractivity contribution in [3.8, 4) is 0 Å². The van der Waals surface area contributed by atoms with Crippen molar-refractivity contribution < 1.29 is 29.0 Å². The molecule has 0 amide bonds. The van der Waals surface area contributed by atoms with Gasteiger partial charge >= 0.3 is 17.9 Å². The van der Waals surface area contributed by atoms with Gasteiger partial charge in [0.25, 0.3) is 0 Å². The van der Waals surface area contributed by atoms with Crippen LogP contribution >= 0.6 is 0 Å². The summed E-state index contributed by atoms with van der Waals surface area (Å²) in [6, 6.07) is -0.810. The number of aliphatic carboxylic acids is 1. The lowest BCUT2D eigenvalue weighted by atomic mass is 9.79. The van der Waals surface area contributed by atoms with Gasteiger partial charge in [0, 0.05) is 12.3 Å². The van der Waals surface area contributed by atoms with Gasteiger partial charge in [-0.3, -0.25) is 14.4 Å². The second-order valence-electron chi connectivity index (χ2n) is 7.92. The number of carbonyl (C=O) groups excluding carboxylic acids is 2. The van der Waals surface area contributed by atoms with Gasteiger partial charge in [-0.25, -0.2) is 0 Å². The van der Waals surface area contributed by atoms with E-state index >= 15 is 0 Å². The lowest BCUT2D eigenvalue weighted by Crippen LogP contribution is -2.45. The minimum absolute atomic E-state index is 0.0263. The van der Waals surface area contributed by atoms with Gasteiger partial charge in [-0.05, 0) is 50.9 Å². The number of carboxylic acid groups (broad SMARTS) is 1. The lowest BCUT2D eigenvalue weighted by molar-refractivity contribution is -0.202. The first-order valence-corrected chi connectivity index (χ1v) is 10.3. The Kier molecular flexibility index (Phi) is 8.54. The van der Waals surface area contributed by atoms with Crippen molar-refractivity contribution >= 4 is 17.9 Å². The van der Waals surface area contributed by atoms with Gasteiger partial charge in [-0.1, -0.05) is 26.2 Å². The van der Waals surface area contributed by atoms with Crippen LogP contribution in [0.2, 0.25) is 0 Å². The van der Waals surface area contributed by atoms with Crippen molar-refractivity contribution in [2.45, 2.75) is 89.9 Å². The van der Waals surface area contributed by atoms with E-state index in [0.717, 1.165) is 32.1 Å². The Hall–Kier alpha value is -1.63. The van der Waals surface area contributed by atoms with Crippen LogP contribution in [-0.4, -0.2) is 35.3 Å². The largest absolute Gasteiger partial charge is 0.481 e. The van der Waals surface area contributed by atoms with E-state index in [4.69, 9.17) is 20.3 Å². The van der Waals surface area contributed by atoms with E-state index < -0.39 is 24.3 Å². The fourth-order valence-electron chi connectivity index (χ4n) is 4.13. The molecule has 2 atom stereocenters. The quantitative estimate of drug-likeness (QED) is 0.489. The lowest BCUT2D eigenvalue weighted by Gasteiger charge is -2.32. The van der Waals surface area contributed by atoms with Gasteiger partial charge in [0.05, 0.1) is 5.92 Å². The van der Waals surface area contributed by atoms with E-state index in [1.807, 2.05) is 6.92 Å². The maximum absolute atomic E-state index is 12.6. The van der Waals surface area contributed by atoms with Gasteiger partial charge in [-0.15, -0.1) is 0 Å². The molecule has 0 saturated heterocycles. The summed E-state index contributed by atoms with van der Waals surface area (Å²) in [5.74, 6) is -2.10. The molecule has 0 aromatic rings. The van der Waals surface area contributed by atoms with Crippen molar-refractivity contribution in [3.05, 3.63) is 0 Å². The maximum atomic E-state index is 12.6. The molecule has 0 aromatic carbocycles. The number of hydrogen-bond donors (Lipinski definition) is 2. The molecule has 3 N–H and O–H groups in total. The first-order chi connectivity index (χ1) is 12.9. The number of esters is 2. The minimum atomic E-state index is -0.863. The summed E-state index contributed by atoms with van der Waals surface area (Å²) >= 11 is 0. The van der Waals surface area contributed by atoms with E-state index in [9.17, 15) is 14.4 Å². The number of ether oxygens (including phenoxy) is 2. The molecule has 0 heterocycles. The van der Waals surface area contributed by atoms with Crippen LogP contribution in [0.25, 0.3) is 0 Å². The molecule has 2 fully saturated rings. The van der Waals surface area contributed by atoms with Gasteiger partial charge in [0.1, 0.15) is 6.04 Å². The molecule has 0 aliphatic heterocycles. The molecule has 0 radical (unpaired) electrons. The van der Waals surface area contributed by atoms with Crippen LogP contribution in [-0.2, 0) is 23.9 Å². The standard InChI is InChI=1S/C20H33NO6/c1-2-6-16(22)26-20(15-7-4-3-5-8-15)27-19(25)17(21)13-9-11-14(12-10-13)18(23)24/h13-15,17,20H,2-12,21H2,1H3,(H,23,24). The van der Waals surface area contributed by atoms with E-state index in [0.29, 0.717) is 38.5 Å². The highest BCUT2D eigenvalue weighted by atomic mass is 16.7. The molecular formula is C20H33NO6. The summed E-state index contributed by atoms with van der Waals surface area (Å²) in [6.07, 6.45) is 7.31. The van der Waals surface area contributed by atoms with E-state index in [1.165, 1.54) is 0 Å². The summed E-state index contributed by atoms with van der Waals surface area (Å²) in [5, 5.41) is 9.09. The smallest absolute Gasteiger partial charge is 0.326 e. The number of nitrogens with two attached hydrogens (primary N) is 1. The van der Waals surface area contributed by atoms with Gasteiger partial charge < -0.3 is 20.3 Å². The number of carbonyl (C=O) groups is 3. The Bertz CT molecular complexity index is 509. The average Bonchev–Trinajstić information content (AvgIpc) is 2.67. The van der Waals surface area contributed by atoms with Gasteiger partial charge in [0.15, 0.2) is 0 Å². The average molecular weight is 383 g/mol. The molecule has 2 aliphatic rings. The molecule has 0 bridgehead atoms. The molecule has 7 nitrogen and oxygen atoms in total. The van der Waals surface area contributed by atoms with Gasteiger partial charge in [-0.2, -0.15) is 0 Å². The molecule has 2 unspecified atom stereocenters. The number of hydrogen-bond acceptors (Lipinski definition) is 6. The summed E-state index contributed by atoms with van der Waals surface area (Å²) in [7, 11) is 0. The maximum Gasteiger partial charge on any atom is 0.326 e. The van der Waals surface area contributed by atoms with E-state index in [-0.39, 0.29) is 23.7 Å². The van der Waals surface area contributed by atoms with Crippen molar-refractivity contribution in [1.82, 2.24) is 0 Å². The fraction of sp³-hybridized carbons (Fsp3) is 0.850. The normalized spacial score (nSPS) is 26.0. The highest BCUT2D eigenvalue weighted by Crippen LogP contribution is 2.32. The Morgan fingerprint density at radius 3 is 2.15 bits per heavy atom. The predicted molar refractivity (Wildman–Crippen MR) is 98.5 cm³/mol. The first kappa shape index (κ1) is 21.7. The van der Waals surface area contributed by atoms with Gasteiger partial charge in [0.2, 0.25) is 6.29 Å². The van der Waals surface area contributed by atoms with E-state index in [2.05, 4.69) is 0 Å². The predicted octanol–water partition coefficient (Wildman–Crippen LogP) is 3.00. The summed E-state index contributed by atoms with van der Waals surface area (Å²) < 4.78 is 11.0. The third-order valence-corrected chi connectivity index (χ3v) is 5.87. The SMILES string of the molecule is CCCC(=O)OC(OC(=O)C(N)C1CCC(C(=O)O)CC1)C1CCCCC1. The summed E-state index contributed by atoms with van der Waals surface area (Å²) in [4.78, 5) is 35.6. The highest BCUT2D eigenvalue weighted by Gasteiger charge is 2.36. The van der Waals surface area contributed by atoms with Crippen LogP contribution in [0.15, 0.2) is 0 Å². The van der Waals surface area contributed by atoms with E-state index in [1.54, 1.807) is 0 Å². The Morgan fingerprint density at radius 2 is 1.59 bits per heavy atom. The zero-order chi connectivity index (χ0) is 19.8. The van der Waals surface area contributed by atoms with Crippen LogP contribution in [0.1, 0.15) is 77.6 Å². The second kappa shape index (κ2) is 10.6. The third kappa shape index (κ3) is 6.48. The zero-order valence-electron chi connectivity index (χ0n) is 16.2. The summed E-state index contributed by atoms with van der Waals surface area (Å²) in [6.45, 7) is 1.90. The van der Waals surface area contributed by atoms with Crippen LogP contribution in [0.5, 0.6) is 0 Å². The van der Waals surface area contributed by atoms with Crippen molar-refractivity contribution in [2.24, 2.45) is 23.5 Å².